The standard InChI is InChI=1S/C27H22BrNO4/c1-16-13-20-14-19(9-12-22(20)33-16)25(30)23-24(18-7-10-21(28)11-8-18)29(27(32)26(23)31)15-17-5-3-2-4-6-17/h2-12,14,16,24,30H,13,15H2,1H3/t16-,24+/m1/s1. The summed E-state index contributed by atoms with van der Waals surface area (Å²) in [6.45, 7) is 2.25. The highest BCUT2D eigenvalue weighted by Gasteiger charge is 2.46. The van der Waals surface area contributed by atoms with E-state index in [0.717, 1.165) is 33.3 Å². The number of benzene rings is 3. The predicted octanol–water partition coefficient (Wildman–Crippen LogP) is 5.39. The van der Waals surface area contributed by atoms with E-state index in [4.69, 9.17) is 4.74 Å². The summed E-state index contributed by atoms with van der Waals surface area (Å²) in [5.74, 6) is -0.680. The Morgan fingerprint density at radius 1 is 1.06 bits per heavy atom. The molecule has 5 rings (SSSR count). The van der Waals surface area contributed by atoms with Crippen molar-refractivity contribution in [2.24, 2.45) is 0 Å². The number of carbonyl (C=O) groups excluding carboxylic acids is 2. The van der Waals surface area contributed by atoms with Crippen LogP contribution in [0.4, 0.5) is 0 Å². The van der Waals surface area contributed by atoms with E-state index in [0.29, 0.717) is 5.56 Å². The van der Waals surface area contributed by atoms with Gasteiger partial charge in [0, 0.05) is 23.0 Å². The van der Waals surface area contributed by atoms with Crippen LogP contribution in [-0.2, 0) is 22.6 Å². The molecule has 0 saturated carbocycles. The van der Waals surface area contributed by atoms with Gasteiger partial charge in [-0.25, -0.2) is 0 Å². The van der Waals surface area contributed by atoms with E-state index in [1.54, 1.807) is 6.07 Å². The van der Waals surface area contributed by atoms with Gasteiger partial charge in [0.2, 0.25) is 0 Å². The number of carbonyl (C=O) groups is 2. The molecule has 1 saturated heterocycles. The molecular weight excluding hydrogens is 482 g/mol. The average molecular weight is 504 g/mol. The topological polar surface area (TPSA) is 66.8 Å². The average Bonchev–Trinajstić information content (AvgIpc) is 3.31. The molecule has 1 N–H and O–H groups in total. The van der Waals surface area contributed by atoms with Gasteiger partial charge in [0.05, 0.1) is 11.6 Å². The molecule has 33 heavy (non-hydrogen) atoms. The van der Waals surface area contributed by atoms with Crippen LogP contribution in [0.5, 0.6) is 5.75 Å². The number of Topliss-reactive ketones (excluding diaryl/α,β-unsaturated/α-hetero) is 1. The Hall–Kier alpha value is -3.38. The largest absolute Gasteiger partial charge is 0.507 e. The van der Waals surface area contributed by atoms with Gasteiger partial charge in [0.1, 0.15) is 17.6 Å². The summed E-state index contributed by atoms with van der Waals surface area (Å²) in [5, 5.41) is 11.3. The molecule has 0 aliphatic carbocycles. The summed E-state index contributed by atoms with van der Waals surface area (Å²) in [6.07, 6.45) is 0.797. The highest BCUT2D eigenvalue weighted by molar-refractivity contribution is 9.10. The number of aliphatic hydroxyl groups excluding tert-OH is 1. The van der Waals surface area contributed by atoms with Gasteiger partial charge >= 0.3 is 0 Å². The van der Waals surface area contributed by atoms with Gasteiger partial charge in [-0.15, -0.1) is 0 Å². The molecule has 2 aliphatic heterocycles. The van der Waals surface area contributed by atoms with Gasteiger partial charge in [0.25, 0.3) is 11.7 Å². The van der Waals surface area contributed by atoms with Crippen LogP contribution in [0.15, 0.2) is 82.8 Å². The van der Waals surface area contributed by atoms with Gasteiger partial charge in [-0.3, -0.25) is 9.59 Å². The Morgan fingerprint density at radius 3 is 2.52 bits per heavy atom. The van der Waals surface area contributed by atoms with Crippen LogP contribution in [0.1, 0.15) is 35.2 Å². The van der Waals surface area contributed by atoms with Crippen molar-refractivity contribution >= 4 is 33.4 Å². The summed E-state index contributed by atoms with van der Waals surface area (Å²) in [7, 11) is 0. The molecule has 2 atom stereocenters. The SMILES string of the molecule is C[C@@H]1Cc2cc(C(O)=C3C(=O)C(=O)N(Cc4ccccc4)[C@H]3c3ccc(Br)cc3)ccc2O1. The summed E-state index contributed by atoms with van der Waals surface area (Å²) in [5.41, 5.74) is 3.25. The molecule has 0 unspecified atom stereocenters. The molecule has 3 aromatic rings. The zero-order valence-corrected chi connectivity index (χ0v) is 19.6. The quantitative estimate of drug-likeness (QED) is 0.294. The second kappa shape index (κ2) is 8.52. The molecule has 2 heterocycles. The van der Waals surface area contributed by atoms with Crippen LogP contribution in [-0.4, -0.2) is 27.8 Å². The van der Waals surface area contributed by atoms with Crippen LogP contribution in [0, 0.1) is 0 Å². The number of hydrogen-bond acceptors (Lipinski definition) is 4. The fourth-order valence-electron chi connectivity index (χ4n) is 4.54. The minimum Gasteiger partial charge on any atom is -0.507 e. The zero-order valence-electron chi connectivity index (χ0n) is 18.0. The Morgan fingerprint density at radius 2 is 1.79 bits per heavy atom. The molecule has 2 aliphatic rings. The lowest BCUT2D eigenvalue weighted by Crippen LogP contribution is -2.29. The predicted molar refractivity (Wildman–Crippen MR) is 129 cm³/mol. The third-order valence-corrected chi connectivity index (χ3v) is 6.62. The van der Waals surface area contributed by atoms with Crippen molar-refractivity contribution < 1.29 is 19.4 Å². The number of aliphatic hydroxyl groups is 1. The maximum atomic E-state index is 13.2. The molecule has 0 aromatic heterocycles. The monoisotopic (exact) mass is 503 g/mol. The second-order valence-electron chi connectivity index (χ2n) is 8.42. The van der Waals surface area contributed by atoms with Crippen molar-refractivity contribution in [3.05, 3.63) is 105 Å². The van der Waals surface area contributed by atoms with Crippen molar-refractivity contribution in [1.82, 2.24) is 4.90 Å². The number of halogens is 1. The number of ketones is 1. The lowest BCUT2D eigenvalue weighted by atomic mass is 9.94. The minimum atomic E-state index is -0.693. The third-order valence-electron chi connectivity index (χ3n) is 6.09. The van der Waals surface area contributed by atoms with Gasteiger partial charge in [-0.1, -0.05) is 58.4 Å². The van der Waals surface area contributed by atoms with E-state index in [9.17, 15) is 14.7 Å². The summed E-state index contributed by atoms with van der Waals surface area (Å²) in [4.78, 5) is 27.9. The Bertz CT molecular complexity index is 1270. The number of likely N-dealkylation sites (tertiary alicyclic amines) is 1. The van der Waals surface area contributed by atoms with Crippen molar-refractivity contribution in [3.63, 3.8) is 0 Å². The van der Waals surface area contributed by atoms with Gasteiger partial charge in [-0.2, -0.15) is 0 Å². The van der Waals surface area contributed by atoms with Crippen molar-refractivity contribution in [2.75, 3.05) is 0 Å². The first-order valence-electron chi connectivity index (χ1n) is 10.8. The van der Waals surface area contributed by atoms with Crippen LogP contribution in [0.2, 0.25) is 0 Å². The Balaban J connectivity index is 1.62. The number of hydrogen-bond donors (Lipinski definition) is 1. The molecule has 0 bridgehead atoms. The molecular formula is C27H22BrNO4. The lowest BCUT2D eigenvalue weighted by molar-refractivity contribution is -0.140. The fourth-order valence-corrected chi connectivity index (χ4v) is 4.80. The number of rotatable bonds is 4. The Labute approximate surface area is 200 Å². The highest BCUT2D eigenvalue weighted by Crippen LogP contribution is 2.41. The highest BCUT2D eigenvalue weighted by atomic mass is 79.9. The molecule has 1 fully saturated rings. The number of fused-ring (bicyclic) bond motifs is 1. The Kier molecular flexibility index (Phi) is 5.54. The number of nitrogens with zero attached hydrogens (tertiary/aromatic N) is 1. The number of ether oxygens (including phenoxy) is 1. The molecule has 0 spiro atoms. The van der Waals surface area contributed by atoms with E-state index >= 15 is 0 Å². The fraction of sp³-hybridized carbons (Fsp3) is 0.185. The smallest absolute Gasteiger partial charge is 0.295 e. The van der Waals surface area contributed by atoms with E-state index in [1.807, 2.05) is 73.7 Å². The second-order valence-corrected chi connectivity index (χ2v) is 9.33. The maximum absolute atomic E-state index is 13.2. The van der Waals surface area contributed by atoms with Crippen molar-refractivity contribution in [3.8, 4) is 5.75 Å². The first kappa shape index (κ1) is 21.5. The van der Waals surface area contributed by atoms with Crippen LogP contribution in [0.25, 0.3) is 5.76 Å². The first-order valence-corrected chi connectivity index (χ1v) is 11.6. The normalized spacial score (nSPS) is 21.2. The van der Waals surface area contributed by atoms with Crippen LogP contribution in [0.3, 0.4) is 0 Å². The number of amides is 1. The minimum absolute atomic E-state index is 0.0663. The maximum Gasteiger partial charge on any atom is 0.295 e. The summed E-state index contributed by atoms with van der Waals surface area (Å²) >= 11 is 3.44. The molecule has 1 amide bonds. The van der Waals surface area contributed by atoms with E-state index in [2.05, 4.69) is 15.9 Å². The molecule has 166 valence electrons. The van der Waals surface area contributed by atoms with Crippen LogP contribution < -0.4 is 4.74 Å². The molecule has 6 heteroatoms. The van der Waals surface area contributed by atoms with Gasteiger partial charge < -0.3 is 14.7 Å². The zero-order chi connectivity index (χ0) is 23.1. The van der Waals surface area contributed by atoms with E-state index in [-0.39, 0.29) is 24.0 Å². The summed E-state index contributed by atoms with van der Waals surface area (Å²) < 4.78 is 6.65. The van der Waals surface area contributed by atoms with Gasteiger partial charge in [-0.05, 0) is 53.9 Å². The first-order chi connectivity index (χ1) is 15.9. The summed E-state index contributed by atoms with van der Waals surface area (Å²) in [6, 6.07) is 21.7. The van der Waals surface area contributed by atoms with Gasteiger partial charge in [0.15, 0.2) is 0 Å². The third kappa shape index (κ3) is 3.95. The van der Waals surface area contributed by atoms with Crippen molar-refractivity contribution in [1.29, 1.82) is 0 Å². The lowest BCUT2D eigenvalue weighted by Gasteiger charge is -2.25. The van der Waals surface area contributed by atoms with E-state index < -0.39 is 17.7 Å². The van der Waals surface area contributed by atoms with Crippen molar-refractivity contribution in [2.45, 2.75) is 32.0 Å². The molecule has 0 radical (unpaired) electrons. The van der Waals surface area contributed by atoms with Crippen LogP contribution >= 0.6 is 15.9 Å². The van der Waals surface area contributed by atoms with E-state index in [1.165, 1.54) is 4.90 Å². The molecule has 3 aromatic carbocycles. The molecule has 5 nitrogen and oxygen atoms in total.